The average molecular weight is 400 g/mol. The molecule has 4 rings (SSSR count). The number of ether oxygens (including phenoxy) is 1. The minimum Gasteiger partial charge on any atom is -0.379 e. The van der Waals surface area contributed by atoms with E-state index in [0.29, 0.717) is 0 Å². The fraction of sp³-hybridized carbons (Fsp3) is 0.278. The summed E-state index contributed by atoms with van der Waals surface area (Å²) in [4.78, 5) is 2.37. The molecule has 3 aromatic rings. The summed E-state index contributed by atoms with van der Waals surface area (Å²) in [5.74, 6) is 0.815. The summed E-state index contributed by atoms with van der Waals surface area (Å²) in [5, 5.41) is 12.6. The number of rotatable bonds is 4. The van der Waals surface area contributed by atoms with Gasteiger partial charge in [0.2, 0.25) is 0 Å². The van der Waals surface area contributed by atoms with Gasteiger partial charge in [-0.25, -0.2) is 0 Å². The molecule has 7 heteroatoms. The van der Waals surface area contributed by atoms with Crippen LogP contribution in [0, 0.1) is 0 Å². The Morgan fingerprint density at radius 3 is 2.40 bits per heavy atom. The molecule has 0 spiro atoms. The van der Waals surface area contributed by atoms with Gasteiger partial charge in [-0.05, 0) is 40.3 Å². The highest BCUT2D eigenvalue weighted by Crippen LogP contribution is 2.29. The van der Waals surface area contributed by atoms with E-state index in [1.165, 1.54) is 5.56 Å². The number of tetrazole rings is 1. The third-order valence-corrected chi connectivity index (χ3v) is 4.86. The molecule has 2 heterocycles. The Morgan fingerprint density at radius 2 is 1.68 bits per heavy atom. The van der Waals surface area contributed by atoms with E-state index in [2.05, 4.69) is 60.6 Å². The minimum atomic E-state index is -0.0104. The van der Waals surface area contributed by atoms with Gasteiger partial charge in [0.05, 0.1) is 24.9 Å². The number of nitrogens with zero attached hydrogens (tertiary/aromatic N) is 5. The molecular weight excluding hydrogens is 382 g/mol. The van der Waals surface area contributed by atoms with Crippen LogP contribution >= 0.6 is 15.9 Å². The quantitative estimate of drug-likeness (QED) is 0.674. The van der Waals surface area contributed by atoms with Gasteiger partial charge in [0.15, 0.2) is 5.82 Å². The molecule has 1 aromatic heterocycles. The molecule has 6 nitrogen and oxygen atoms in total. The second-order valence-electron chi connectivity index (χ2n) is 5.89. The van der Waals surface area contributed by atoms with Crippen LogP contribution in [0.1, 0.15) is 17.4 Å². The van der Waals surface area contributed by atoms with Crippen LogP contribution < -0.4 is 0 Å². The first-order valence-corrected chi connectivity index (χ1v) is 9.03. The molecule has 128 valence electrons. The van der Waals surface area contributed by atoms with Crippen LogP contribution in [0.25, 0.3) is 5.69 Å². The fourth-order valence-corrected chi connectivity index (χ4v) is 3.39. The van der Waals surface area contributed by atoms with Crippen molar-refractivity contribution in [3.8, 4) is 5.69 Å². The molecule has 0 radical (unpaired) electrons. The summed E-state index contributed by atoms with van der Waals surface area (Å²) in [6.07, 6.45) is 0. The Bertz CT molecular complexity index is 815. The van der Waals surface area contributed by atoms with Gasteiger partial charge < -0.3 is 4.74 Å². The molecule has 0 aliphatic carbocycles. The van der Waals surface area contributed by atoms with Crippen LogP contribution in [-0.4, -0.2) is 51.4 Å². The Morgan fingerprint density at radius 1 is 0.960 bits per heavy atom. The maximum absolute atomic E-state index is 5.53. The van der Waals surface area contributed by atoms with Gasteiger partial charge in [0.25, 0.3) is 0 Å². The zero-order chi connectivity index (χ0) is 17.1. The number of benzene rings is 2. The number of hydrogen-bond donors (Lipinski definition) is 0. The van der Waals surface area contributed by atoms with Gasteiger partial charge in [-0.3, -0.25) is 4.90 Å². The maximum Gasteiger partial charge on any atom is 0.178 e. The maximum atomic E-state index is 5.53. The summed E-state index contributed by atoms with van der Waals surface area (Å²) in [5.41, 5.74) is 2.12. The third kappa shape index (κ3) is 3.49. The van der Waals surface area contributed by atoms with Crippen molar-refractivity contribution in [1.29, 1.82) is 0 Å². The first kappa shape index (κ1) is 16.4. The molecule has 0 N–H and O–H groups in total. The molecular formula is C18H18BrN5O. The molecule has 2 aromatic carbocycles. The molecule has 0 saturated carbocycles. The molecule has 0 bridgehead atoms. The lowest BCUT2D eigenvalue weighted by Crippen LogP contribution is -2.40. The second-order valence-corrected chi connectivity index (χ2v) is 6.80. The van der Waals surface area contributed by atoms with Gasteiger partial charge in [-0.1, -0.05) is 46.3 Å². The summed E-state index contributed by atoms with van der Waals surface area (Å²) >= 11 is 3.47. The smallest absolute Gasteiger partial charge is 0.178 e. The van der Waals surface area contributed by atoms with E-state index in [1.54, 1.807) is 0 Å². The highest BCUT2D eigenvalue weighted by Gasteiger charge is 2.29. The van der Waals surface area contributed by atoms with Crippen molar-refractivity contribution in [2.75, 3.05) is 26.3 Å². The number of aromatic nitrogens is 4. The lowest BCUT2D eigenvalue weighted by atomic mass is 10.0. The SMILES string of the molecule is Brc1ccc(-n2nnnc2[C@H](c2ccccc2)N2CCOCC2)cc1. The largest absolute Gasteiger partial charge is 0.379 e. The predicted octanol–water partition coefficient (Wildman–Crippen LogP) is 2.85. The van der Waals surface area contributed by atoms with Gasteiger partial charge in [0, 0.05) is 17.6 Å². The first-order chi connectivity index (χ1) is 12.3. The second kappa shape index (κ2) is 7.43. The summed E-state index contributed by atoms with van der Waals surface area (Å²) in [6, 6.07) is 18.4. The van der Waals surface area contributed by atoms with E-state index in [9.17, 15) is 0 Å². The Balaban J connectivity index is 1.78. The third-order valence-electron chi connectivity index (χ3n) is 4.34. The first-order valence-electron chi connectivity index (χ1n) is 8.24. The zero-order valence-electron chi connectivity index (χ0n) is 13.6. The number of hydrogen-bond acceptors (Lipinski definition) is 5. The zero-order valence-corrected chi connectivity index (χ0v) is 15.2. The fourth-order valence-electron chi connectivity index (χ4n) is 3.12. The standard InChI is InChI=1S/C18H18BrN5O/c19-15-6-8-16(9-7-15)24-18(20-21-22-24)17(14-4-2-1-3-5-14)23-10-12-25-13-11-23/h1-9,17H,10-13H2/t17-/m0/s1. The monoisotopic (exact) mass is 399 g/mol. The summed E-state index contributed by atoms with van der Waals surface area (Å²) in [6.45, 7) is 3.16. The molecule has 1 fully saturated rings. The van der Waals surface area contributed by atoms with Crippen molar-refractivity contribution in [1.82, 2.24) is 25.1 Å². The summed E-state index contributed by atoms with van der Waals surface area (Å²) in [7, 11) is 0. The molecule has 1 saturated heterocycles. The van der Waals surface area contributed by atoms with Crippen LogP contribution in [0.5, 0.6) is 0 Å². The van der Waals surface area contributed by atoms with Crippen LogP contribution in [0.2, 0.25) is 0 Å². The van der Waals surface area contributed by atoms with Crippen LogP contribution in [-0.2, 0) is 4.74 Å². The number of halogens is 1. The van der Waals surface area contributed by atoms with Gasteiger partial charge >= 0.3 is 0 Å². The van der Waals surface area contributed by atoms with E-state index in [0.717, 1.165) is 42.3 Å². The van der Waals surface area contributed by atoms with E-state index < -0.39 is 0 Å². The van der Waals surface area contributed by atoms with Gasteiger partial charge in [0.1, 0.15) is 0 Å². The molecule has 1 atom stereocenters. The molecule has 1 aliphatic rings. The highest BCUT2D eigenvalue weighted by molar-refractivity contribution is 9.10. The van der Waals surface area contributed by atoms with Crippen LogP contribution in [0.3, 0.4) is 0 Å². The van der Waals surface area contributed by atoms with E-state index in [-0.39, 0.29) is 6.04 Å². The molecule has 1 aliphatic heterocycles. The Kier molecular flexibility index (Phi) is 4.87. The predicted molar refractivity (Wildman–Crippen MR) is 97.5 cm³/mol. The molecule has 0 amide bonds. The average Bonchev–Trinajstić information content (AvgIpc) is 3.14. The van der Waals surface area contributed by atoms with E-state index >= 15 is 0 Å². The van der Waals surface area contributed by atoms with Crippen molar-refractivity contribution in [2.24, 2.45) is 0 Å². The van der Waals surface area contributed by atoms with Crippen LogP contribution in [0.15, 0.2) is 59.1 Å². The Hall–Kier alpha value is -2.09. The van der Waals surface area contributed by atoms with Gasteiger partial charge in [-0.15, -0.1) is 5.10 Å². The highest BCUT2D eigenvalue weighted by atomic mass is 79.9. The van der Waals surface area contributed by atoms with E-state index in [4.69, 9.17) is 4.74 Å². The normalized spacial score (nSPS) is 16.7. The number of morpholine rings is 1. The van der Waals surface area contributed by atoms with Crippen LogP contribution in [0.4, 0.5) is 0 Å². The van der Waals surface area contributed by atoms with Crippen molar-refractivity contribution in [2.45, 2.75) is 6.04 Å². The van der Waals surface area contributed by atoms with Crippen molar-refractivity contribution >= 4 is 15.9 Å². The van der Waals surface area contributed by atoms with Crippen molar-refractivity contribution < 1.29 is 4.74 Å². The lowest BCUT2D eigenvalue weighted by molar-refractivity contribution is 0.0220. The topological polar surface area (TPSA) is 56.1 Å². The van der Waals surface area contributed by atoms with E-state index in [1.807, 2.05) is 35.0 Å². The minimum absolute atomic E-state index is 0.0104. The van der Waals surface area contributed by atoms with Gasteiger partial charge in [-0.2, -0.15) is 4.68 Å². The summed E-state index contributed by atoms with van der Waals surface area (Å²) < 4.78 is 8.37. The lowest BCUT2D eigenvalue weighted by Gasteiger charge is -2.33. The molecule has 25 heavy (non-hydrogen) atoms. The van der Waals surface area contributed by atoms with Crippen molar-refractivity contribution in [3.63, 3.8) is 0 Å². The van der Waals surface area contributed by atoms with Crippen molar-refractivity contribution in [3.05, 3.63) is 70.5 Å². The Labute approximate surface area is 154 Å². The molecule has 0 unspecified atom stereocenters.